The second kappa shape index (κ2) is 11.4. The van der Waals surface area contributed by atoms with Crippen molar-refractivity contribution in [3.8, 4) is 11.5 Å². The topological polar surface area (TPSA) is 91.7 Å². The van der Waals surface area contributed by atoms with E-state index in [0.29, 0.717) is 40.6 Å². The van der Waals surface area contributed by atoms with Crippen LogP contribution >= 0.6 is 0 Å². The minimum Gasteiger partial charge on any atom is -0.493 e. The van der Waals surface area contributed by atoms with Crippen LogP contribution in [0.15, 0.2) is 72.8 Å². The highest BCUT2D eigenvalue weighted by molar-refractivity contribution is 6.05. The van der Waals surface area contributed by atoms with E-state index in [1.807, 2.05) is 62.4 Å². The number of nitrogens with zero attached hydrogens (tertiary/aromatic N) is 2. The van der Waals surface area contributed by atoms with Gasteiger partial charge in [-0.1, -0.05) is 42.5 Å². The number of hydrogen-bond acceptors (Lipinski definition) is 6. The molecule has 0 radical (unpaired) electrons. The lowest BCUT2D eigenvalue weighted by atomic mass is 10.1. The monoisotopic (exact) mass is 499 g/mol. The van der Waals surface area contributed by atoms with Crippen molar-refractivity contribution in [2.24, 2.45) is 0 Å². The Hall–Kier alpha value is -4.59. The molecule has 1 aromatic heterocycles. The highest BCUT2D eigenvalue weighted by atomic mass is 16.5. The van der Waals surface area contributed by atoms with Gasteiger partial charge in [0.2, 0.25) is 0 Å². The normalized spacial score (nSPS) is 10.6. The lowest BCUT2D eigenvalue weighted by Gasteiger charge is -2.12. The quantitative estimate of drug-likeness (QED) is 0.319. The van der Waals surface area contributed by atoms with Crippen molar-refractivity contribution in [3.63, 3.8) is 0 Å². The van der Waals surface area contributed by atoms with Gasteiger partial charge < -0.3 is 19.5 Å². The average molecular weight is 500 g/mol. The molecule has 8 heteroatoms. The van der Waals surface area contributed by atoms with E-state index >= 15 is 0 Å². The second-order valence-corrected chi connectivity index (χ2v) is 8.45. The predicted molar refractivity (Wildman–Crippen MR) is 140 cm³/mol. The number of ether oxygens (including phenoxy) is 3. The standard InChI is InChI=1S/C29H29N3O5/c1-19-27(20(2)32(31-19)17-23-11-5-6-13-24(23)29(34)36-4)30-28(33)22-12-9-10-21(16-22)18-37-26-15-8-7-14-25(26)35-3/h5-16H,17-18H2,1-4H3,(H,30,33). The van der Waals surface area contributed by atoms with Crippen LogP contribution in [-0.2, 0) is 17.9 Å². The average Bonchev–Trinajstić information content (AvgIpc) is 3.19. The van der Waals surface area contributed by atoms with E-state index in [-0.39, 0.29) is 12.5 Å². The summed E-state index contributed by atoms with van der Waals surface area (Å²) in [7, 11) is 2.95. The largest absolute Gasteiger partial charge is 0.493 e. The summed E-state index contributed by atoms with van der Waals surface area (Å²) >= 11 is 0. The zero-order valence-corrected chi connectivity index (χ0v) is 21.3. The maximum absolute atomic E-state index is 13.1. The van der Waals surface area contributed by atoms with E-state index in [9.17, 15) is 9.59 Å². The van der Waals surface area contributed by atoms with E-state index in [2.05, 4.69) is 10.4 Å². The van der Waals surface area contributed by atoms with Crippen molar-refractivity contribution in [3.05, 3.63) is 106 Å². The van der Waals surface area contributed by atoms with Crippen molar-refractivity contribution in [1.82, 2.24) is 9.78 Å². The molecule has 0 spiro atoms. The Balaban J connectivity index is 1.48. The molecule has 37 heavy (non-hydrogen) atoms. The number of benzene rings is 3. The molecule has 0 aliphatic rings. The van der Waals surface area contributed by atoms with Gasteiger partial charge in [0, 0.05) is 5.56 Å². The van der Waals surface area contributed by atoms with Gasteiger partial charge in [-0.05, 0) is 55.3 Å². The molecule has 190 valence electrons. The van der Waals surface area contributed by atoms with Gasteiger partial charge in [-0.25, -0.2) is 4.79 Å². The Morgan fingerprint density at radius 3 is 2.41 bits per heavy atom. The van der Waals surface area contributed by atoms with Gasteiger partial charge in [0.25, 0.3) is 5.91 Å². The number of para-hydroxylation sites is 2. The summed E-state index contributed by atoms with van der Waals surface area (Å²) in [6.07, 6.45) is 0. The van der Waals surface area contributed by atoms with Crippen molar-refractivity contribution in [2.75, 3.05) is 19.5 Å². The molecule has 8 nitrogen and oxygen atoms in total. The van der Waals surface area contributed by atoms with Gasteiger partial charge in [0.1, 0.15) is 6.61 Å². The van der Waals surface area contributed by atoms with E-state index in [1.165, 1.54) is 7.11 Å². The minimum absolute atomic E-state index is 0.250. The van der Waals surface area contributed by atoms with Crippen LogP contribution in [-0.4, -0.2) is 35.9 Å². The Labute approximate surface area is 215 Å². The van der Waals surface area contributed by atoms with Gasteiger partial charge >= 0.3 is 5.97 Å². The number of methoxy groups -OCH3 is 2. The maximum atomic E-state index is 13.1. The number of nitrogens with one attached hydrogen (secondary N) is 1. The molecule has 0 bridgehead atoms. The molecule has 0 atom stereocenters. The summed E-state index contributed by atoms with van der Waals surface area (Å²) in [5, 5.41) is 7.59. The molecule has 0 aliphatic carbocycles. The summed E-state index contributed by atoms with van der Waals surface area (Å²) in [5.41, 5.74) is 4.70. The Kier molecular flexibility index (Phi) is 7.88. The van der Waals surface area contributed by atoms with Crippen LogP contribution in [0, 0.1) is 13.8 Å². The summed E-state index contributed by atoms with van der Waals surface area (Å²) in [4.78, 5) is 25.3. The summed E-state index contributed by atoms with van der Waals surface area (Å²) in [6, 6.07) is 21.9. The highest BCUT2D eigenvalue weighted by Gasteiger charge is 2.18. The molecule has 0 aliphatic heterocycles. The fourth-order valence-electron chi connectivity index (χ4n) is 4.05. The number of rotatable bonds is 9. The first-order valence-electron chi connectivity index (χ1n) is 11.8. The van der Waals surface area contributed by atoms with E-state index in [0.717, 1.165) is 16.8 Å². The van der Waals surface area contributed by atoms with Crippen LogP contribution in [0.3, 0.4) is 0 Å². The van der Waals surface area contributed by atoms with Crippen molar-refractivity contribution >= 4 is 17.6 Å². The molecule has 1 N–H and O–H groups in total. The maximum Gasteiger partial charge on any atom is 0.338 e. The second-order valence-electron chi connectivity index (χ2n) is 8.45. The Morgan fingerprint density at radius 2 is 1.65 bits per heavy atom. The third-order valence-electron chi connectivity index (χ3n) is 6.02. The zero-order chi connectivity index (χ0) is 26.4. The first-order valence-corrected chi connectivity index (χ1v) is 11.8. The first kappa shape index (κ1) is 25.5. The van der Waals surface area contributed by atoms with Crippen molar-refractivity contribution in [2.45, 2.75) is 27.0 Å². The Bertz CT molecular complexity index is 1430. The number of esters is 1. The zero-order valence-electron chi connectivity index (χ0n) is 21.3. The number of aromatic nitrogens is 2. The van der Waals surface area contributed by atoms with Gasteiger partial charge in [0.05, 0.1) is 43.4 Å². The number of aryl methyl sites for hydroxylation is 1. The molecule has 4 aromatic rings. The fraction of sp³-hybridized carbons (Fsp3) is 0.207. The highest BCUT2D eigenvalue weighted by Crippen LogP contribution is 2.27. The van der Waals surface area contributed by atoms with Crippen molar-refractivity contribution in [1.29, 1.82) is 0 Å². The third-order valence-corrected chi connectivity index (χ3v) is 6.02. The molecule has 0 unspecified atom stereocenters. The molecule has 0 saturated heterocycles. The number of carbonyl (C=O) groups is 2. The van der Waals surface area contributed by atoms with E-state index in [1.54, 1.807) is 36.1 Å². The van der Waals surface area contributed by atoms with Crippen LogP contribution in [0.5, 0.6) is 11.5 Å². The molecular weight excluding hydrogens is 470 g/mol. The van der Waals surface area contributed by atoms with Crippen molar-refractivity contribution < 1.29 is 23.8 Å². The van der Waals surface area contributed by atoms with Gasteiger partial charge in [-0.2, -0.15) is 5.10 Å². The SMILES string of the molecule is COC(=O)c1ccccc1Cn1nc(C)c(NC(=O)c2cccc(COc3ccccc3OC)c2)c1C. The van der Waals surface area contributed by atoms with Crippen LogP contribution in [0.25, 0.3) is 0 Å². The number of anilines is 1. The molecule has 0 saturated carbocycles. The molecule has 1 heterocycles. The van der Waals surface area contributed by atoms with E-state index < -0.39 is 5.97 Å². The van der Waals surface area contributed by atoms with Crippen LogP contribution in [0.4, 0.5) is 5.69 Å². The molecule has 1 amide bonds. The lowest BCUT2D eigenvalue weighted by Crippen LogP contribution is -2.14. The predicted octanol–water partition coefficient (Wildman–Crippen LogP) is 5.17. The van der Waals surface area contributed by atoms with E-state index in [4.69, 9.17) is 14.2 Å². The van der Waals surface area contributed by atoms with Crippen LogP contribution in [0.1, 0.15) is 43.2 Å². The number of amides is 1. The first-order chi connectivity index (χ1) is 17.9. The molecule has 4 rings (SSSR count). The molecule has 0 fully saturated rings. The molecule has 3 aromatic carbocycles. The Morgan fingerprint density at radius 1 is 0.919 bits per heavy atom. The summed E-state index contributed by atoms with van der Waals surface area (Å²) in [6.45, 7) is 4.37. The van der Waals surface area contributed by atoms with Gasteiger partial charge in [-0.3, -0.25) is 9.48 Å². The molecular formula is C29H29N3O5. The third kappa shape index (κ3) is 5.81. The smallest absolute Gasteiger partial charge is 0.338 e. The summed E-state index contributed by atoms with van der Waals surface area (Å²) in [5.74, 6) is 0.626. The summed E-state index contributed by atoms with van der Waals surface area (Å²) < 4.78 is 17.9. The lowest BCUT2D eigenvalue weighted by molar-refractivity contribution is 0.0599. The number of carbonyl (C=O) groups excluding carboxylic acids is 2. The fourth-order valence-corrected chi connectivity index (χ4v) is 4.05. The number of hydrogen-bond donors (Lipinski definition) is 1. The van der Waals surface area contributed by atoms with Gasteiger partial charge in [0.15, 0.2) is 11.5 Å². The van der Waals surface area contributed by atoms with Gasteiger partial charge in [-0.15, -0.1) is 0 Å². The van der Waals surface area contributed by atoms with Crippen LogP contribution in [0.2, 0.25) is 0 Å². The minimum atomic E-state index is -0.403. The van der Waals surface area contributed by atoms with Crippen LogP contribution < -0.4 is 14.8 Å².